The van der Waals surface area contributed by atoms with Crippen molar-refractivity contribution in [1.82, 2.24) is 29.4 Å². The number of para-hydroxylation sites is 2. The largest absolute Gasteiger partial charge is 0.324 e. The fourth-order valence-corrected chi connectivity index (χ4v) is 4.69. The summed E-state index contributed by atoms with van der Waals surface area (Å²) in [5.74, 6) is 1.61. The van der Waals surface area contributed by atoms with Crippen LogP contribution >= 0.6 is 0 Å². The van der Waals surface area contributed by atoms with E-state index in [1.807, 2.05) is 18.6 Å². The number of hydrogen-bond donors (Lipinski definition) is 0. The molecule has 1 aliphatic rings. The van der Waals surface area contributed by atoms with E-state index < -0.39 is 0 Å². The molecule has 4 aromatic rings. The van der Waals surface area contributed by atoms with Crippen LogP contribution in [-0.4, -0.2) is 42.5 Å². The molecule has 6 nitrogen and oxygen atoms in total. The highest BCUT2D eigenvalue weighted by Gasteiger charge is 2.24. The van der Waals surface area contributed by atoms with E-state index in [9.17, 15) is 0 Å². The highest BCUT2D eigenvalue weighted by molar-refractivity contribution is 5.76. The van der Waals surface area contributed by atoms with E-state index in [4.69, 9.17) is 9.97 Å². The molecule has 1 fully saturated rings. The van der Waals surface area contributed by atoms with Crippen LogP contribution in [0.2, 0.25) is 0 Å². The summed E-state index contributed by atoms with van der Waals surface area (Å²) in [5, 5.41) is 0. The van der Waals surface area contributed by atoms with Crippen molar-refractivity contribution < 1.29 is 0 Å². The first-order valence-corrected chi connectivity index (χ1v) is 11.1. The Morgan fingerprint density at radius 2 is 1.84 bits per heavy atom. The minimum Gasteiger partial charge on any atom is -0.324 e. The summed E-state index contributed by atoms with van der Waals surface area (Å²) in [5.41, 5.74) is 5.54. The van der Waals surface area contributed by atoms with Crippen LogP contribution in [0.1, 0.15) is 50.2 Å². The Bertz CT molecular complexity index is 1150. The van der Waals surface area contributed by atoms with E-state index in [2.05, 4.69) is 69.7 Å². The number of piperidine rings is 1. The summed E-state index contributed by atoms with van der Waals surface area (Å²) in [6.07, 6.45) is 9.51. The molecule has 1 aliphatic heterocycles. The maximum Gasteiger partial charge on any atom is 0.124 e. The van der Waals surface area contributed by atoms with Crippen LogP contribution in [0.4, 0.5) is 0 Å². The van der Waals surface area contributed by atoms with Gasteiger partial charge in [0.2, 0.25) is 0 Å². The van der Waals surface area contributed by atoms with Crippen molar-refractivity contribution in [2.45, 2.75) is 45.2 Å². The minimum absolute atomic E-state index is 0.388. The van der Waals surface area contributed by atoms with E-state index in [-0.39, 0.29) is 0 Å². The van der Waals surface area contributed by atoms with Gasteiger partial charge in [0.05, 0.1) is 17.6 Å². The zero-order valence-corrected chi connectivity index (χ0v) is 18.1. The van der Waals surface area contributed by atoms with Gasteiger partial charge in [0.1, 0.15) is 12.2 Å². The van der Waals surface area contributed by atoms with Gasteiger partial charge >= 0.3 is 0 Å². The number of nitrogens with zero attached hydrogens (tertiary/aromatic N) is 6. The Morgan fingerprint density at radius 3 is 2.61 bits per heavy atom. The second kappa shape index (κ2) is 8.55. The average Bonchev–Trinajstić information content (AvgIpc) is 3.18. The third-order valence-corrected chi connectivity index (χ3v) is 6.15. The van der Waals surface area contributed by atoms with Crippen LogP contribution in [-0.2, 0) is 6.54 Å². The molecule has 158 valence electrons. The van der Waals surface area contributed by atoms with Crippen molar-refractivity contribution in [1.29, 1.82) is 0 Å². The predicted molar refractivity (Wildman–Crippen MR) is 123 cm³/mol. The average molecular weight is 413 g/mol. The Kier molecular flexibility index (Phi) is 5.47. The van der Waals surface area contributed by atoms with Gasteiger partial charge in [0.25, 0.3) is 0 Å². The van der Waals surface area contributed by atoms with Gasteiger partial charge in [-0.1, -0.05) is 18.2 Å². The molecule has 1 aromatic carbocycles. The topological polar surface area (TPSA) is 59.7 Å². The predicted octanol–water partition coefficient (Wildman–Crippen LogP) is 4.85. The molecule has 0 unspecified atom stereocenters. The van der Waals surface area contributed by atoms with Gasteiger partial charge in [-0.3, -0.25) is 9.88 Å². The number of hydrogen-bond acceptors (Lipinski definition) is 5. The lowest BCUT2D eigenvalue weighted by atomic mass is 9.93. The van der Waals surface area contributed by atoms with E-state index in [0.29, 0.717) is 12.0 Å². The molecular formula is C25H28N6. The van der Waals surface area contributed by atoms with E-state index in [1.54, 1.807) is 6.33 Å². The number of likely N-dealkylation sites (tertiary alicyclic amines) is 1. The van der Waals surface area contributed by atoms with Crippen molar-refractivity contribution in [3.63, 3.8) is 0 Å². The lowest BCUT2D eigenvalue weighted by Crippen LogP contribution is -2.35. The zero-order chi connectivity index (χ0) is 21.2. The standard InChI is InChI=1S/C25H28N6/c1-18(2)31-24-8-4-3-7-23(24)29-25(31)16-30-11-5-6-20(15-30)22-10-9-19(14-28-22)21-12-26-17-27-13-21/h3-4,7-10,12-14,17-18,20H,5-6,11,15-16H2,1-2H3/t20-/m0/s1. The quantitative estimate of drug-likeness (QED) is 0.469. The molecule has 1 saturated heterocycles. The first kappa shape index (κ1) is 19.8. The Morgan fingerprint density at radius 1 is 1.00 bits per heavy atom. The molecule has 4 heterocycles. The number of rotatable bonds is 5. The van der Waals surface area contributed by atoms with Crippen LogP contribution in [0.5, 0.6) is 0 Å². The maximum atomic E-state index is 4.96. The SMILES string of the molecule is CC(C)n1c(CN2CCC[C@H](c3ccc(-c4cncnc4)cn3)C2)nc2ccccc21. The normalized spacial score (nSPS) is 17.5. The summed E-state index contributed by atoms with van der Waals surface area (Å²) < 4.78 is 2.38. The summed E-state index contributed by atoms with van der Waals surface area (Å²) in [7, 11) is 0. The summed E-state index contributed by atoms with van der Waals surface area (Å²) >= 11 is 0. The smallest absolute Gasteiger partial charge is 0.124 e. The van der Waals surface area contributed by atoms with E-state index in [1.165, 1.54) is 24.1 Å². The van der Waals surface area contributed by atoms with Gasteiger partial charge in [-0.15, -0.1) is 0 Å². The van der Waals surface area contributed by atoms with E-state index >= 15 is 0 Å². The van der Waals surface area contributed by atoms with Crippen molar-refractivity contribution in [3.8, 4) is 11.1 Å². The van der Waals surface area contributed by atoms with Crippen molar-refractivity contribution in [3.05, 3.63) is 72.8 Å². The maximum absolute atomic E-state index is 4.96. The van der Waals surface area contributed by atoms with Gasteiger partial charge < -0.3 is 4.57 Å². The second-order valence-corrected chi connectivity index (χ2v) is 8.65. The molecule has 0 amide bonds. The number of aromatic nitrogens is 5. The van der Waals surface area contributed by atoms with Gasteiger partial charge in [-0.2, -0.15) is 0 Å². The lowest BCUT2D eigenvalue weighted by Gasteiger charge is -2.32. The molecule has 0 N–H and O–H groups in total. The number of fused-ring (bicyclic) bond motifs is 1. The van der Waals surface area contributed by atoms with Crippen molar-refractivity contribution >= 4 is 11.0 Å². The summed E-state index contributed by atoms with van der Waals surface area (Å²) in [4.78, 5) is 20.5. The Labute approximate surface area is 183 Å². The lowest BCUT2D eigenvalue weighted by molar-refractivity contribution is 0.191. The molecule has 5 rings (SSSR count). The fraction of sp³-hybridized carbons (Fsp3) is 0.360. The molecule has 6 heteroatoms. The van der Waals surface area contributed by atoms with Crippen LogP contribution in [0.25, 0.3) is 22.2 Å². The molecule has 3 aromatic heterocycles. The number of pyridine rings is 1. The van der Waals surface area contributed by atoms with Crippen molar-refractivity contribution in [2.75, 3.05) is 13.1 Å². The van der Waals surface area contributed by atoms with Gasteiger partial charge in [0, 0.05) is 53.9 Å². The zero-order valence-electron chi connectivity index (χ0n) is 18.1. The highest BCUT2D eigenvalue weighted by atomic mass is 15.2. The van der Waals surface area contributed by atoms with Crippen LogP contribution in [0.15, 0.2) is 61.3 Å². The van der Waals surface area contributed by atoms with Crippen LogP contribution in [0.3, 0.4) is 0 Å². The Balaban J connectivity index is 1.33. The molecule has 0 radical (unpaired) electrons. The van der Waals surface area contributed by atoms with Crippen LogP contribution in [0, 0.1) is 0 Å². The minimum atomic E-state index is 0.388. The monoisotopic (exact) mass is 412 g/mol. The van der Waals surface area contributed by atoms with E-state index in [0.717, 1.165) is 42.1 Å². The first-order valence-electron chi connectivity index (χ1n) is 11.1. The summed E-state index contributed by atoms with van der Waals surface area (Å²) in [6.45, 7) is 7.47. The number of benzene rings is 1. The summed E-state index contributed by atoms with van der Waals surface area (Å²) in [6, 6.07) is 13.1. The molecule has 0 saturated carbocycles. The third kappa shape index (κ3) is 4.08. The van der Waals surface area contributed by atoms with Crippen LogP contribution < -0.4 is 0 Å². The fourth-order valence-electron chi connectivity index (χ4n) is 4.69. The van der Waals surface area contributed by atoms with Crippen molar-refractivity contribution in [2.24, 2.45) is 0 Å². The highest BCUT2D eigenvalue weighted by Crippen LogP contribution is 2.29. The van der Waals surface area contributed by atoms with Gasteiger partial charge in [0.15, 0.2) is 0 Å². The molecule has 0 aliphatic carbocycles. The second-order valence-electron chi connectivity index (χ2n) is 8.65. The molecule has 1 atom stereocenters. The third-order valence-electron chi connectivity index (χ3n) is 6.15. The number of imidazole rings is 1. The van der Waals surface area contributed by atoms with Gasteiger partial charge in [-0.05, 0) is 51.4 Å². The Hall–Kier alpha value is -3.12. The molecule has 0 spiro atoms. The molecular weight excluding hydrogens is 384 g/mol. The first-order chi connectivity index (χ1) is 15.2. The molecule has 31 heavy (non-hydrogen) atoms. The van der Waals surface area contributed by atoms with Gasteiger partial charge in [-0.25, -0.2) is 15.0 Å². The molecule has 0 bridgehead atoms.